The van der Waals surface area contributed by atoms with Gasteiger partial charge in [-0.15, -0.1) is 0 Å². The lowest BCUT2D eigenvalue weighted by Crippen LogP contribution is -2.03. The summed E-state index contributed by atoms with van der Waals surface area (Å²) in [5.41, 5.74) is 0.231. The third-order valence-corrected chi connectivity index (χ3v) is 3.21. The van der Waals surface area contributed by atoms with Crippen LogP contribution < -0.4 is 5.11 Å². The Hall–Kier alpha value is -2.93. The molecule has 2 aromatic rings. The Kier molecular flexibility index (Phi) is 5.49. The van der Waals surface area contributed by atoms with Crippen molar-refractivity contribution in [2.45, 2.75) is 6.92 Å². The molecule has 0 spiro atoms. The number of benzene rings is 2. The largest absolute Gasteiger partial charge is 0.867 e. The monoisotopic (exact) mass is 347 g/mol. The molecular formula is C16H12ClN2O5-. The Labute approximate surface area is 142 Å². The van der Waals surface area contributed by atoms with Crippen molar-refractivity contribution in [3.63, 3.8) is 0 Å². The molecule has 8 heteroatoms. The highest BCUT2D eigenvalue weighted by atomic mass is 35.5. The van der Waals surface area contributed by atoms with Crippen LogP contribution in [0, 0.1) is 10.1 Å². The van der Waals surface area contributed by atoms with Crippen molar-refractivity contribution in [1.29, 1.82) is 0 Å². The van der Waals surface area contributed by atoms with E-state index >= 15 is 0 Å². The van der Waals surface area contributed by atoms with Gasteiger partial charge in [0.25, 0.3) is 5.69 Å². The molecule has 0 aliphatic heterocycles. The van der Waals surface area contributed by atoms with Gasteiger partial charge >= 0.3 is 5.97 Å². The summed E-state index contributed by atoms with van der Waals surface area (Å²) in [4.78, 5) is 25.6. The average Bonchev–Trinajstić information content (AvgIpc) is 2.55. The summed E-state index contributed by atoms with van der Waals surface area (Å²) in [5.74, 6) is -1.21. The van der Waals surface area contributed by atoms with Gasteiger partial charge in [0.05, 0.1) is 22.8 Å². The normalized spacial score (nSPS) is 10.8. The molecule has 0 saturated carbocycles. The van der Waals surface area contributed by atoms with Crippen LogP contribution in [0.2, 0.25) is 5.02 Å². The second-order valence-electron chi connectivity index (χ2n) is 4.63. The third kappa shape index (κ3) is 4.08. The summed E-state index contributed by atoms with van der Waals surface area (Å²) in [5, 5.41) is 22.8. The highest BCUT2D eigenvalue weighted by Gasteiger charge is 2.11. The molecule has 0 saturated heterocycles. The van der Waals surface area contributed by atoms with Gasteiger partial charge in [-0.25, -0.2) is 4.79 Å². The SMILES string of the molecule is CCOC(=O)c1ccc(N=Cc2cc(Cl)cc([N+](=O)[O-])c2[O-])cc1. The molecule has 2 rings (SSSR count). The highest BCUT2D eigenvalue weighted by Crippen LogP contribution is 2.30. The molecule has 7 nitrogen and oxygen atoms in total. The van der Waals surface area contributed by atoms with Crippen LogP contribution >= 0.6 is 11.6 Å². The standard InChI is InChI=1S/C16H13ClN2O5/c1-2-24-16(21)10-3-5-13(6-4-10)18-9-11-7-12(17)8-14(15(11)20)19(22)23/h3-9,20H,2H2,1H3/p-1. The van der Waals surface area contributed by atoms with Crippen LogP contribution in [0.25, 0.3) is 0 Å². The Bertz CT molecular complexity index is 803. The molecule has 0 aromatic heterocycles. The number of nitrogens with zero attached hydrogens (tertiary/aromatic N) is 2. The number of rotatable bonds is 5. The summed E-state index contributed by atoms with van der Waals surface area (Å²) < 4.78 is 4.86. The van der Waals surface area contributed by atoms with Crippen molar-refractivity contribution < 1.29 is 19.6 Å². The molecule has 0 aliphatic rings. The fourth-order valence-electron chi connectivity index (χ4n) is 1.87. The zero-order chi connectivity index (χ0) is 17.7. The van der Waals surface area contributed by atoms with Gasteiger partial charge in [0.15, 0.2) is 0 Å². The van der Waals surface area contributed by atoms with E-state index in [1.54, 1.807) is 19.1 Å². The van der Waals surface area contributed by atoms with Crippen LogP contribution in [0.1, 0.15) is 22.8 Å². The van der Waals surface area contributed by atoms with E-state index in [0.717, 1.165) is 6.07 Å². The lowest BCUT2D eigenvalue weighted by molar-refractivity contribution is -0.398. The number of hydrogen-bond acceptors (Lipinski definition) is 6. The topological polar surface area (TPSA) is 105 Å². The van der Waals surface area contributed by atoms with E-state index in [1.165, 1.54) is 24.4 Å². The minimum absolute atomic E-state index is 0.00340. The first kappa shape index (κ1) is 17.4. The maximum Gasteiger partial charge on any atom is 0.338 e. The van der Waals surface area contributed by atoms with E-state index in [4.69, 9.17) is 16.3 Å². The predicted octanol–water partition coefficient (Wildman–Crippen LogP) is 3.25. The van der Waals surface area contributed by atoms with Crippen molar-refractivity contribution in [1.82, 2.24) is 0 Å². The molecule has 0 radical (unpaired) electrons. The van der Waals surface area contributed by atoms with Crippen LogP contribution in [0.5, 0.6) is 5.75 Å². The lowest BCUT2D eigenvalue weighted by atomic mass is 10.2. The fourth-order valence-corrected chi connectivity index (χ4v) is 2.09. The molecule has 0 N–H and O–H groups in total. The minimum atomic E-state index is -0.792. The zero-order valence-electron chi connectivity index (χ0n) is 12.6. The number of esters is 1. The highest BCUT2D eigenvalue weighted by molar-refractivity contribution is 6.31. The summed E-state index contributed by atoms with van der Waals surface area (Å²) in [6, 6.07) is 8.48. The maximum absolute atomic E-state index is 11.9. The number of nitro groups is 1. The Morgan fingerprint density at radius 2 is 2.00 bits per heavy atom. The van der Waals surface area contributed by atoms with Gasteiger partial charge < -0.3 is 9.84 Å². The van der Waals surface area contributed by atoms with Crippen molar-refractivity contribution in [3.05, 3.63) is 62.7 Å². The smallest absolute Gasteiger partial charge is 0.338 e. The quantitative estimate of drug-likeness (QED) is 0.357. The predicted molar refractivity (Wildman–Crippen MR) is 87.2 cm³/mol. The first-order valence-corrected chi connectivity index (χ1v) is 7.26. The summed E-state index contributed by atoms with van der Waals surface area (Å²) in [6.45, 7) is 1.99. The summed E-state index contributed by atoms with van der Waals surface area (Å²) in [6.07, 6.45) is 1.20. The van der Waals surface area contributed by atoms with Crippen LogP contribution in [-0.4, -0.2) is 23.7 Å². The molecular weight excluding hydrogens is 336 g/mol. The van der Waals surface area contributed by atoms with Crippen LogP contribution in [-0.2, 0) is 4.74 Å². The minimum Gasteiger partial charge on any atom is -0.867 e. The van der Waals surface area contributed by atoms with E-state index in [0.29, 0.717) is 11.3 Å². The summed E-state index contributed by atoms with van der Waals surface area (Å²) in [7, 11) is 0. The first-order chi connectivity index (χ1) is 11.4. The number of hydrogen-bond donors (Lipinski definition) is 0. The van der Waals surface area contributed by atoms with Gasteiger partial charge in [0, 0.05) is 17.3 Å². The van der Waals surface area contributed by atoms with Gasteiger partial charge in [-0.2, -0.15) is 0 Å². The molecule has 2 aromatic carbocycles. The Balaban J connectivity index is 2.25. The fraction of sp³-hybridized carbons (Fsp3) is 0.125. The first-order valence-electron chi connectivity index (χ1n) is 6.88. The number of halogens is 1. The lowest BCUT2D eigenvalue weighted by Gasteiger charge is -2.10. The van der Waals surface area contributed by atoms with Gasteiger partial charge in [-0.3, -0.25) is 15.1 Å². The van der Waals surface area contributed by atoms with Crippen molar-refractivity contribution in [2.24, 2.45) is 4.99 Å². The summed E-state index contributed by atoms with van der Waals surface area (Å²) >= 11 is 5.78. The number of carbonyl (C=O) groups excluding carboxylic acids is 1. The molecule has 0 heterocycles. The molecule has 0 unspecified atom stereocenters. The molecule has 24 heavy (non-hydrogen) atoms. The van der Waals surface area contributed by atoms with E-state index in [2.05, 4.69) is 4.99 Å². The number of aliphatic imine (C=N–C) groups is 1. The number of carbonyl (C=O) groups is 1. The second kappa shape index (κ2) is 7.56. The van der Waals surface area contributed by atoms with Crippen LogP contribution in [0.3, 0.4) is 0 Å². The Morgan fingerprint density at radius 3 is 2.58 bits per heavy atom. The molecule has 124 valence electrons. The molecule has 0 bridgehead atoms. The van der Waals surface area contributed by atoms with Gasteiger partial charge in [0.1, 0.15) is 0 Å². The van der Waals surface area contributed by atoms with Crippen molar-refractivity contribution in [3.8, 4) is 5.75 Å². The van der Waals surface area contributed by atoms with Crippen molar-refractivity contribution in [2.75, 3.05) is 6.61 Å². The van der Waals surface area contributed by atoms with E-state index in [1.807, 2.05) is 0 Å². The molecule has 0 amide bonds. The second-order valence-corrected chi connectivity index (χ2v) is 5.06. The molecule has 0 fully saturated rings. The van der Waals surface area contributed by atoms with E-state index in [9.17, 15) is 20.0 Å². The van der Waals surface area contributed by atoms with Crippen LogP contribution in [0.15, 0.2) is 41.4 Å². The third-order valence-electron chi connectivity index (χ3n) is 2.99. The number of nitro benzene ring substituents is 1. The van der Waals surface area contributed by atoms with Gasteiger partial charge in [0.2, 0.25) is 0 Å². The maximum atomic E-state index is 11.9. The Morgan fingerprint density at radius 1 is 1.33 bits per heavy atom. The zero-order valence-corrected chi connectivity index (χ0v) is 13.3. The van der Waals surface area contributed by atoms with Crippen LogP contribution in [0.4, 0.5) is 11.4 Å². The molecule has 0 atom stereocenters. The average molecular weight is 348 g/mol. The molecule has 0 aliphatic carbocycles. The van der Waals surface area contributed by atoms with E-state index < -0.39 is 22.3 Å². The van der Waals surface area contributed by atoms with Gasteiger partial charge in [-0.05, 0) is 48.6 Å². The van der Waals surface area contributed by atoms with E-state index in [-0.39, 0.29) is 17.2 Å². The number of ether oxygens (including phenoxy) is 1. The van der Waals surface area contributed by atoms with Gasteiger partial charge in [-0.1, -0.05) is 11.6 Å². The van der Waals surface area contributed by atoms with Crippen molar-refractivity contribution >= 4 is 35.2 Å².